The Hall–Kier alpha value is -2.94. The number of benzene rings is 1. The summed E-state index contributed by atoms with van der Waals surface area (Å²) in [6, 6.07) is 7.73. The zero-order valence-electron chi connectivity index (χ0n) is 14.2. The first kappa shape index (κ1) is 18.8. The van der Waals surface area contributed by atoms with Crippen molar-refractivity contribution in [3.8, 4) is 0 Å². The molecule has 142 valence electrons. The molecule has 3 rings (SSSR count). The van der Waals surface area contributed by atoms with Crippen molar-refractivity contribution in [3.63, 3.8) is 0 Å². The van der Waals surface area contributed by atoms with E-state index in [0.717, 1.165) is 0 Å². The summed E-state index contributed by atoms with van der Waals surface area (Å²) in [6.07, 6.45) is 1.03. The number of fused-ring (bicyclic) bond motifs is 1. The van der Waals surface area contributed by atoms with Gasteiger partial charge in [0.25, 0.3) is 0 Å². The molecule has 0 saturated heterocycles. The van der Waals surface area contributed by atoms with E-state index < -0.39 is 31.0 Å². The molecule has 1 aromatic carbocycles. The Morgan fingerprint density at radius 3 is 2.74 bits per heavy atom. The van der Waals surface area contributed by atoms with Gasteiger partial charge in [-0.3, -0.25) is 14.8 Å². The number of carbonyl (C=O) groups excluding carboxylic acids is 1. The molecule has 9 heteroatoms. The van der Waals surface area contributed by atoms with Gasteiger partial charge in [-0.2, -0.15) is 8.78 Å². The number of pyridine rings is 1. The van der Waals surface area contributed by atoms with E-state index in [1.807, 2.05) is 0 Å². The summed E-state index contributed by atoms with van der Waals surface area (Å²) in [5.41, 5.74) is 6.90. The first-order valence-electron chi connectivity index (χ1n) is 8.16. The smallest absolute Gasteiger partial charge is 0.345 e. The minimum absolute atomic E-state index is 0.0576. The van der Waals surface area contributed by atoms with Crippen LogP contribution in [0.15, 0.2) is 41.5 Å². The van der Waals surface area contributed by atoms with E-state index >= 15 is 0 Å². The summed E-state index contributed by atoms with van der Waals surface area (Å²) in [6.45, 7) is -3.29. The molecule has 0 fully saturated rings. The predicted molar refractivity (Wildman–Crippen MR) is 91.6 cm³/mol. The van der Waals surface area contributed by atoms with Crippen molar-refractivity contribution < 1.29 is 22.7 Å². The van der Waals surface area contributed by atoms with Crippen molar-refractivity contribution in [3.05, 3.63) is 64.7 Å². The third-order valence-corrected chi connectivity index (χ3v) is 4.13. The number of nitrogens with one attached hydrogen (secondary N) is 1. The molecule has 0 bridgehead atoms. The Labute approximate surface area is 153 Å². The molecule has 1 aliphatic heterocycles. The number of aromatic nitrogens is 1. The molecule has 1 amide bonds. The predicted octanol–water partition coefficient (Wildman–Crippen LogP) is 2.08. The third kappa shape index (κ3) is 4.43. The fourth-order valence-electron chi connectivity index (χ4n) is 2.79. The zero-order valence-corrected chi connectivity index (χ0v) is 14.2. The number of carbonyl (C=O) groups is 1. The largest absolute Gasteiger partial charge is 0.383 e. The quantitative estimate of drug-likeness (QED) is 0.772. The van der Waals surface area contributed by atoms with Crippen molar-refractivity contribution in [1.82, 2.24) is 10.3 Å². The minimum atomic E-state index is -2.96. The molecule has 27 heavy (non-hydrogen) atoms. The summed E-state index contributed by atoms with van der Waals surface area (Å²) in [4.78, 5) is 20.2. The van der Waals surface area contributed by atoms with Crippen LogP contribution in [0.4, 0.5) is 13.2 Å². The Morgan fingerprint density at radius 2 is 2.04 bits per heavy atom. The first-order valence-corrected chi connectivity index (χ1v) is 8.16. The Balaban J connectivity index is 1.71. The second-order valence-electron chi connectivity index (χ2n) is 5.91. The Morgan fingerprint density at radius 1 is 1.30 bits per heavy atom. The highest BCUT2D eigenvalue weighted by molar-refractivity contribution is 6.00. The van der Waals surface area contributed by atoms with E-state index in [0.29, 0.717) is 16.7 Å². The number of hydrogen-bond acceptors (Lipinski definition) is 5. The number of alkyl halides is 2. The lowest BCUT2D eigenvalue weighted by Gasteiger charge is -2.19. The maximum Gasteiger partial charge on any atom is 0.345 e. The van der Waals surface area contributed by atoms with Crippen LogP contribution in [0.25, 0.3) is 0 Å². The zero-order chi connectivity index (χ0) is 19.4. The van der Waals surface area contributed by atoms with Crippen molar-refractivity contribution in [1.29, 1.82) is 0 Å². The van der Waals surface area contributed by atoms with Gasteiger partial charge in [-0.1, -0.05) is 30.3 Å². The van der Waals surface area contributed by atoms with Crippen LogP contribution in [0, 0.1) is 5.82 Å². The van der Waals surface area contributed by atoms with Gasteiger partial charge in [-0.05, 0) is 5.56 Å². The Kier molecular flexibility index (Phi) is 5.70. The van der Waals surface area contributed by atoms with Gasteiger partial charge in [-0.25, -0.2) is 4.39 Å². The molecule has 1 aromatic heterocycles. The summed E-state index contributed by atoms with van der Waals surface area (Å²) in [5.74, 6) is -0.993. The normalized spacial score (nSPS) is 14.0. The van der Waals surface area contributed by atoms with Gasteiger partial charge in [-0.15, -0.1) is 0 Å². The molecule has 2 heterocycles. The molecule has 0 spiro atoms. The number of aliphatic imine (C=N–C) groups is 1. The first-order chi connectivity index (χ1) is 13.0. The molecule has 0 aliphatic carbocycles. The number of hydrogen-bond donors (Lipinski definition) is 2. The number of ether oxygens (including phenoxy) is 1. The highest BCUT2D eigenvalue weighted by atomic mass is 19.3. The van der Waals surface area contributed by atoms with Crippen molar-refractivity contribution >= 4 is 11.7 Å². The number of halogens is 3. The standard InChI is InChI=1S/C18H17F3N4O2/c19-16-11-7-24-17(22)12(11)8-23-13(16)6-15(26)25-14(9-27-18(20)21)10-4-2-1-3-5-10/h1-5,8,14,18H,6-7,9H2,(H2,22,24)(H,25,26)/t14-/m1/s1. The number of amidine groups is 1. The van der Waals surface area contributed by atoms with Gasteiger partial charge in [0.05, 0.1) is 31.3 Å². The third-order valence-electron chi connectivity index (χ3n) is 4.13. The van der Waals surface area contributed by atoms with Crippen molar-refractivity contribution in [2.75, 3.05) is 6.61 Å². The van der Waals surface area contributed by atoms with Gasteiger partial charge in [0.1, 0.15) is 5.84 Å². The Bertz CT molecular complexity index is 859. The monoisotopic (exact) mass is 378 g/mol. The average Bonchev–Trinajstić information content (AvgIpc) is 3.03. The second kappa shape index (κ2) is 8.17. The highest BCUT2D eigenvalue weighted by Gasteiger charge is 2.23. The summed E-state index contributed by atoms with van der Waals surface area (Å²) in [5, 5.41) is 2.58. The SMILES string of the molecule is NC1=NCc2c1cnc(CC(=O)N[C@H](COC(F)F)c1ccccc1)c2F. The molecular formula is C18H17F3N4O2. The summed E-state index contributed by atoms with van der Waals surface area (Å²) >= 11 is 0. The molecule has 1 aliphatic rings. The van der Waals surface area contributed by atoms with Crippen LogP contribution in [-0.4, -0.2) is 29.9 Å². The van der Waals surface area contributed by atoms with E-state index in [9.17, 15) is 18.0 Å². The summed E-state index contributed by atoms with van der Waals surface area (Å²) in [7, 11) is 0. The van der Waals surface area contributed by atoms with Crippen LogP contribution in [0.5, 0.6) is 0 Å². The molecule has 3 N–H and O–H groups in total. The van der Waals surface area contributed by atoms with Gasteiger partial charge in [0.15, 0.2) is 5.82 Å². The van der Waals surface area contributed by atoms with E-state index in [1.165, 1.54) is 6.20 Å². The van der Waals surface area contributed by atoms with Crippen LogP contribution in [0.2, 0.25) is 0 Å². The topological polar surface area (TPSA) is 89.6 Å². The van der Waals surface area contributed by atoms with E-state index in [1.54, 1.807) is 30.3 Å². The lowest BCUT2D eigenvalue weighted by Crippen LogP contribution is -2.33. The van der Waals surface area contributed by atoms with Crippen LogP contribution in [0.3, 0.4) is 0 Å². The number of amides is 1. The van der Waals surface area contributed by atoms with Crippen LogP contribution in [-0.2, 0) is 22.5 Å². The summed E-state index contributed by atoms with van der Waals surface area (Å²) < 4.78 is 43.6. The number of nitrogens with two attached hydrogens (primary N) is 1. The average molecular weight is 378 g/mol. The molecular weight excluding hydrogens is 361 g/mol. The fraction of sp³-hybridized carbons (Fsp3) is 0.278. The minimum Gasteiger partial charge on any atom is -0.383 e. The van der Waals surface area contributed by atoms with E-state index in [-0.39, 0.29) is 24.5 Å². The fourth-order valence-corrected chi connectivity index (χ4v) is 2.79. The molecule has 2 aromatic rings. The molecule has 1 atom stereocenters. The van der Waals surface area contributed by atoms with E-state index in [4.69, 9.17) is 5.73 Å². The highest BCUT2D eigenvalue weighted by Crippen LogP contribution is 2.22. The van der Waals surface area contributed by atoms with E-state index in [2.05, 4.69) is 20.0 Å². The lowest BCUT2D eigenvalue weighted by atomic mass is 10.1. The maximum absolute atomic E-state index is 14.5. The molecule has 6 nitrogen and oxygen atoms in total. The van der Waals surface area contributed by atoms with Gasteiger partial charge >= 0.3 is 6.61 Å². The lowest BCUT2D eigenvalue weighted by molar-refractivity contribution is -0.138. The van der Waals surface area contributed by atoms with Gasteiger partial charge in [0, 0.05) is 17.3 Å². The second-order valence-corrected chi connectivity index (χ2v) is 5.91. The van der Waals surface area contributed by atoms with Gasteiger partial charge < -0.3 is 15.8 Å². The van der Waals surface area contributed by atoms with Crippen LogP contribution in [0.1, 0.15) is 28.4 Å². The van der Waals surface area contributed by atoms with Crippen molar-refractivity contribution in [2.45, 2.75) is 25.6 Å². The van der Waals surface area contributed by atoms with Crippen molar-refractivity contribution in [2.24, 2.45) is 10.7 Å². The number of nitrogens with zero attached hydrogens (tertiary/aromatic N) is 2. The van der Waals surface area contributed by atoms with Gasteiger partial charge in [0.2, 0.25) is 5.91 Å². The molecule has 0 radical (unpaired) electrons. The van der Waals surface area contributed by atoms with Crippen LogP contribution >= 0.6 is 0 Å². The van der Waals surface area contributed by atoms with Crippen LogP contribution < -0.4 is 11.1 Å². The molecule has 0 unspecified atom stereocenters. The molecule has 0 saturated carbocycles. The number of rotatable bonds is 7. The maximum atomic E-state index is 14.5.